The molecule has 1 aromatic rings. The highest BCUT2D eigenvalue weighted by Crippen LogP contribution is 2.21. The normalized spacial score (nSPS) is 11.6. The summed E-state index contributed by atoms with van der Waals surface area (Å²) in [4.78, 5) is 10.1. The van der Waals surface area contributed by atoms with E-state index < -0.39 is 10.7 Å². The third kappa shape index (κ3) is 3.99. The van der Waals surface area contributed by atoms with Crippen molar-refractivity contribution in [2.24, 2.45) is 0 Å². The topological polar surface area (TPSA) is 55.2 Å². The van der Waals surface area contributed by atoms with Crippen molar-refractivity contribution in [2.45, 2.75) is 52.1 Å². The summed E-state index contributed by atoms with van der Waals surface area (Å²) < 4.78 is 13.3. The fourth-order valence-corrected chi connectivity index (χ4v) is 2.26. The molecule has 0 aromatic heterocycles. The van der Waals surface area contributed by atoms with Gasteiger partial charge in [0.05, 0.1) is 11.0 Å². The van der Waals surface area contributed by atoms with Crippen molar-refractivity contribution < 1.29 is 9.31 Å². The Hall–Kier alpha value is -1.49. The largest absolute Gasteiger partial charge is 0.307 e. The molecule has 0 fully saturated rings. The SMILES string of the molecule is CCC(CC)(CC)NCc1cc(F)cc([N+](=O)[O-])c1. The molecule has 0 atom stereocenters. The van der Waals surface area contributed by atoms with Crippen molar-refractivity contribution in [1.82, 2.24) is 5.32 Å². The van der Waals surface area contributed by atoms with Crippen LogP contribution in [0.1, 0.15) is 45.6 Å². The van der Waals surface area contributed by atoms with Crippen molar-refractivity contribution in [3.63, 3.8) is 0 Å². The number of rotatable bonds is 7. The fourth-order valence-electron chi connectivity index (χ4n) is 2.26. The van der Waals surface area contributed by atoms with Crippen LogP contribution in [0.2, 0.25) is 0 Å². The minimum absolute atomic E-state index is 0.0150. The average Bonchev–Trinajstić information content (AvgIpc) is 2.40. The Morgan fingerprint density at radius 2 is 1.79 bits per heavy atom. The number of benzene rings is 1. The molecule has 0 bridgehead atoms. The number of non-ortho nitro benzene ring substituents is 1. The maximum atomic E-state index is 13.3. The second-order valence-corrected chi connectivity index (χ2v) is 4.77. The second kappa shape index (κ2) is 6.61. The Balaban J connectivity index is 2.85. The van der Waals surface area contributed by atoms with Crippen molar-refractivity contribution in [2.75, 3.05) is 0 Å². The first-order chi connectivity index (χ1) is 8.96. The van der Waals surface area contributed by atoms with Crippen LogP contribution in [0.25, 0.3) is 0 Å². The maximum Gasteiger partial charge on any atom is 0.272 e. The summed E-state index contributed by atoms with van der Waals surface area (Å²) >= 11 is 0. The number of nitro benzene ring substituents is 1. The molecule has 4 nitrogen and oxygen atoms in total. The molecule has 0 spiro atoms. The van der Waals surface area contributed by atoms with Gasteiger partial charge in [-0.15, -0.1) is 0 Å². The van der Waals surface area contributed by atoms with Gasteiger partial charge in [0.15, 0.2) is 0 Å². The van der Waals surface area contributed by atoms with Crippen LogP contribution in [0.3, 0.4) is 0 Å². The van der Waals surface area contributed by atoms with Gasteiger partial charge in [-0.2, -0.15) is 0 Å². The predicted molar refractivity (Wildman–Crippen MR) is 73.5 cm³/mol. The molecule has 0 heterocycles. The van der Waals surface area contributed by atoms with Gasteiger partial charge in [0.25, 0.3) is 5.69 Å². The number of halogens is 1. The number of hydrogen-bond acceptors (Lipinski definition) is 3. The van der Waals surface area contributed by atoms with Gasteiger partial charge in [-0.25, -0.2) is 4.39 Å². The Kier molecular flexibility index (Phi) is 5.42. The minimum atomic E-state index is -0.570. The van der Waals surface area contributed by atoms with Gasteiger partial charge in [0.1, 0.15) is 5.82 Å². The van der Waals surface area contributed by atoms with Gasteiger partial charge < -0.3 is 5.32 Å². The van der Waals surface area contributed by atoms with Crippen LogP contribution in [0.4, 0.5) is 10.1 Å². The highest BCUT2D eigenvalue weighted by atomic mass is 19.1. The van der Waals surface area contributed by atoms with Gasteiger partial charge in [0, 0.05) is 18.2 Å². The molecule has 0 radical (unpaired) electrons. The monoisotopic (exact) mass is 268 g/mol. The van der Waals surface area contributed by atoms with E-state index in [1.165, 1.54) is 12.1 Å². The van der Waals surface area contributed by atoms with Crippen LogP contribution in [-0.4, -0.2) is 10.5 Å². The highest BCUT2D eigenvalue weighted by Gasteiger charge is 2.23. The lowest BCUT2D eigenvalue weighted by Gasteiger charge is -2.32. The minimum Gasteiger partial charge on any atom is -0.307 e. The van der Waals surface area contributed by atoms with Crippen LogP contribution in [-0.2, 0) is 6.54 Å². The summed E-state index contributed by atoms with van der Waals surface area (Å²) in [5.74, 6) is -0.568. The van der Waals surface area contributed by atoms with Gasteiger partial charge in [-0.1, -0.05) is 20.8 Å². The van der Waals surface area contributed by atoms with Crippen LogP contribution < -0.4 is 5.32 Å². The molecule has 5 heteroatoms. The average molecular weight is 268 g/mol. The lowest BCUT2D eigenvalue weighted by Crippen LogP contribution is -2.43. The van der Waals surface area contributed by atoms with E-state index in [0.717, 1.165) is 25.3 Å². The van der Waals surface area contributed by atoms with Crippen molar-refractivity contribution >= 4 is 5.69 Å². The molecule has 19 heavy (non-hydrogen) atoms. The van der Waals surface area contributed by atoms with E-state index in [2.05, 4.69) is 26.1 Å². The van der Waals surface area contributed by atoms with E-state index >= 15 is 0 Å². The number of nitro groups is 1. The van der Waals surface area contributed by atoms with Crippen molar-refractivity contribution in [3.8, 4) is 0 Å². The summed E-state index contributed by atoms with van der Waals surface area (Å²) in [6.45, 7) is 6.75. The molecule has 1 aromatic carbocycles. The van der Waals surface area contributed by atoms with E-state index in [9.17, 15) is 14.5 Å². The number of hydrogen-bond donors (Lipinski definition) is 1. The molecule has 1 rings (SSSR count). The lowest BCUT2D eigenvalue weighted by molar-refractivity contribution is -0.385. The first kappa shape index (κ1) is 15.6. The Morgan fingerprint density at radius 1 is 1.21 bits per heavy atom. The van der Waals surface area contributed by atoms with Crippen molar-refractivity contribution in [1.29, 1.82) is 0 Å². The van der Waals surface area contributed by atoms with Crippen LogP contribution >= 0.6 is 0 Å². The third-order valence-electron chi connectivity index (χ3n) is 3.85. The number of nitrogens with one attached hydrogen (secondary N) is 1. The molecular formula is C14H21FN2O2. The zero-order valence-electron chi connectivity index (χ0n) is 11.7. The van der Waals surface area contributed by atoms with Crippen LogP contribution in [0, 0.1) is 15.9 Å². The molecular weight excluding hydrogens is 247 g/mol. The van der Waals surface area contributed by atoms with E-state index in [0.29, 0.717) is 12.1 Å². The summed E-state index contributed by atoms with van der Waals surface area (Å²) in [5, 5.41) is 14.1. The summed E-state index contributed by atoms with van der Waals surface area (Å²) in [5.41, 5.74) is 0.416. The first-order valence-electron chi connectivity index (χ1n) is 6.65. The smallest absolute Gasteiger partial charge is 0.272 e. The summed E-state index contributed by atoms with van der Waals surface area (Å²) in [7, 11) is 0. The van der Waals surface area contributed by atoms with E-state index in [1.807, 2.05) is 0 Å². The Bertz CT molecular complexity index is 437. The zero-order chi connectivity index (χ0) is 14.5. The molecule has 0 aliphatic heterocycles. The fraction of sp³-hybridized carbons (Fsp3) is 0.571. The standard InChI is InChI=1S/C14H21FN2O2/c1-4-14(5-2,6-3)16-10-11-7-12(15)9-13(8-11)17(18)19/h7-9,16H,4-6,10H2,1-3H3. The van der Waals surface area contributed by atoms with Crippen molar-refractivity contribution in [3.05, 3.63) is 39.7 Å². The second-order valence-electron chi connectivity index (χ2n) is 4.77. The van der Waals surface area contributed by atoms with Gasteiger partial charge in [-0.05, 0) is 30.9 Å². The quantitative estimate of drug-likeness (QED) is 0.604. The summed E-state index contributed by atoms with van der Waals surface area (Å²) in [6.07, 6.45) is 2.91. The zero-order valence-corrected chi connectivity index (χ0v) is 11.7. The predicted octanol–water partition coefficient (Wildman–Crippen LogP) is 3.79. The summed E-state index contributed by atoms with van der Waals surface area (Å²) in [6, 6.07) is 3.70. The Morgan fingerprint density at radius 3 is 2.26 bits per heavy atom. The molecule has 0 saturated carbocycles. The molecule has 0 aliphatic carbocycles. The molecule has 1 N–H and O–H groups in total. The van der Waals surface area contributed by atoms with Crippen LogP contribution in [0.15, 0.2) is 18.2 Å². The number of nitrogens with zero attached hydrogens (tertiary/aromatic N) is 1. The van der Waals surface area contributed by atoms with E-state index in [-0.39, 0.29) is 11.2 Å². The third-order valence-corrected chi connectivity index (χ3v) is 3.85. The molecule has 0 aliphatic rings. The van der Waals surface area contributed by atoms with Crippen LogP contribution in [0.5, 0.6) is 0 Å². The van der Waals surface area contributed by atoms with Gasteiger partial charge in [-0.3, -0.25) is 10.1 Å². The molecule has 106 valence electrons. The lowest BCUT2D eigenvalue weighted by atomic mass is 9.89. The van der Waals surface area contributed by atoms with E-state index in [4.69, 9.17) is 0 Å². The molecule has 0 unspecified atom stereocenters. The Labute approximate surface area is 113 Å². The highest BCUT2D eigenvalue weighted by molar-refractivity contribution is 5.35. The molecule has 0 saturated heterocycles. The van der Waals surface area contributed by atoms with Gasteiger partial charge in [0.2, 0.25) is 0 Å². The maximum absolute atomic E-state index is 13.3. The molecule has 0 amide bonds. The van der Waals surface area contributed by atoms with Gasteiger partial charge >= 0.3 is 0 Å². The first-order valence-corrected chi connectivity index (χ1v) is 6.65. The van der Waals surface area contributed by atoms with E-state index in [1.54, 1.807) is 0 Å².